The maximum absolute atomic E-state index is 12.4. The Morgan fingerprint density at radius 2 is 2.05 bits per heavy atom. The third-order valence-corrected chi connectivity index (χ3v) is 4.67. The highest BCUT2D eigenvalue weighted by molar-refractivity contribution is 7.99. The fourth-order valence-electron chi connectivity index (χ4n) is 2.55. The second kappa shape index (κ2) is 5.81. The van der Waals surface area contributed by atoms with Gasteiger partial charge in [0.05, 0.1) is 11.8 Å². The third-order valence-electron chi connectivity index (χ3n) is 3.65. The normalized spacial score (nSPS) is 27.4. The summed E-state index contributed by atoms with van der Waals surface area (Å²) >= 11 is 1.56. The second-order valence-electron chi connectivity index (χ2n) is 4.97. The third kappa shape index (κ3) is 3.02. The van der Waals surface area contributed by atoms with Crippen LogP contribution < -0.4 is 0 Å². The van der Waals surface area contributed by atoms with Gasteiger partial charge < -0.3 is 14.9 Å². The van der Waals surface area contributed by atoms with Crippen LogP contribution in [0.25, 0.3) is 0 Å². The lowest BCUT2D eigenvalue weighted by Crippen LogP contribution is -2.51. The Labute approximate surface area is 116 Å². The van der Waals surface area contributed by atoms with Crippen molar-refractivity contribution in [3.05, 3.63) is 0 Å². The molecule has 0 saturated carbocycles. The maximum atomic E-state index is 12.4. The van der Waals surface area contributed by atoms with Crippen LogP contribution in [0.3, 0.4) is 0 Å². The van der Waals surface area contributed by atoms with E-state index in [0.717, 1.165) is 0 Å². The average molecular weight is 286 g/mol. The van der Waals surface area contributed by atoms with Crippen LogP contribution in [0.15, 0.2) is 0 Å². The fraction of sp³-hybridized carbons (Fsp3) is 0.750. The summed E-state index contributed by atoms with van der Waals surface area (Å²) in [6.45, 7) is 2.32. The molecule has 2 saturated heterocycles. The SMILES string of the molecule is CC(=O)N1CSC[C@H]1C(=O)N1CCC[C@H](C(=O)O)C1. The van der Waals surface area contributed by atoms with E-state index in [4.69, 9.17) is 5.11 Å². The first-order valence-electron chi connectivity index (χ1n) is 6.37. The number of rotatable bonds is 2. The van der Waals surface area contributed by atoms with Crippen molar-refractivity contribution in [2.24, 2.45) is 5.92 Å². The smallest absolute Gasteiger partial charge is 0.308 e. The first kappa shape index (κ1) is 14.2. The molecule has 0 spiro atoms. The van der Waals surface area contributed by atoms with Crippen molar-refractivity contribution >= 4 is 29.5 Å². The van der Waals surface area contributed by atoms with Crippen LogP contribution >= 0.6 is 11.8 Å². The lowest BCUT2D eigenvalue weighted by atomic mass is 9.97. The molecular weight excluding hydrogens is 268 g/mol. The first-order valence-corrected chi connectivity index (χ1v) is 7.52. The van der Waals surface area contributed by atoms with Gasteiger partial charge in [-0.15, -0.1) is 11.8 Å². The van der Waals surface area contributed by atoms with Gasteiger partial charge in [-0.05, 0) is 12.8 Å². The van der Waals surface area contributed by atoms with E-state index in [2.05, 4.69) is 0 Å². The van der Waals surface area contributed by atoms with Gasteiger partial charge in [-0.25, -0.2) is 0 Å². The summed E-state index contributed by atoms with van der Waals surface area (Å²) in [6.07, 6.45) is 1.33. The molecule has 0 aliphatic carbocycles. The van der Waals surface area contributed by atoms with Gasteiger partial charge in [0.25, 0.3) is 0 Å². The largest absolute Gasteiger partial charge is 0.481 e. The number of hydrogen-bond acceptors (Lipinski definition) is 4. The zero-order chi connectivity index (χ0) is 14.0. The van der Waals surface area contributed by atoms with Crippen LogP contribution in [0.2, 0.25) is 0 Å². The molecule has 19 heavy (non-hydrogen) atoms. The topological polar surface area (TPSA) is 77.9 Å². The molecule has 2 fully saturated rings. The maximum Gasteiger partial charge on any atom is 0.308 e. The number of piperidine rings is 1. The molecule has 0 unspecified atom stereocenters. The van der Waals surface area contributed by atoms with Crippen molar-refractivity contribution in [1.82, 2.24) is 9.80 Å². The minimum Gasteiger partial charge on any atom is -0.481 e. The van der Waals surface area contributed by atoms with Gasteiger partial charge in [0, 0.05) is 25.8 Å². The molecule has 2 amide bonds. The number of amides is 2. The van der Waals surface area contributed by atoms with Crippen LogP contribution in [-0.4, -0.2) is 63.5 Å². The molecule has 2 heterocycles. The first-order chi connectivity index (χ1) is 9.00. The number of hydrogen-bond donors (Lipinski definition) is 1. The van der Waals surface area contributed by atoms with Crippen molar-refractivity contribution in [3.63, 3.8) is 0 Å². The highest BCUT2D eigenvalue weighted by atomic mass is 32.2. The predicted octanol–water partition coefficient (Wildman–Crippen LogP) is 0.231. The second-order valence-corrected chi connectivity index (χ2v) is 5.97. The minimum atomic E-state index is -0.846. The Kier molecular flexibility index (Phi) is 4.34. The van der Waals surface area contributed by atoms with Crippen LogP contribution in [0.4, 0.5) is 0 Å². The molecule has 1 N–H and O–H groups in total. The lowest BCUT2D eigenvalue weighted by molar-refractivity contribution is -0.149. The lowest BCUT2D eigenvalue weighted by Gasteiger charge is -2.34. The highest BCUT2D eigenvalue weighted by Gasteiger charge is 2.38. The molecule has 2 aliphatic rings. The van der Waals surface area contributed by atoms with E-state index >= 15 is 0 Å². The van der Waals surface area contributed by atoms with Crippen molar-refractivity contribution in [3.8, 4) is 0 Å². The van der Waals surface area contributed by atoms with Gasteiger partial charge in [-0.2, -0.15) is 0 Å². The molecule has 6 nitrogen and oxygen atoms in total. The zero-order valence-corrected chi connectivity index (χ0v) is 11.7. The average Bonchev–Trinajstić information content (AvgIpc) is 2.87. The van der Waals surface area contributed by atoms with E-state index in [9.17, 15) is 14.4 Å². The zero-order valence-electron chi connectivity index (χ0n) is 10.9. The monoisotopic (exact) mass is 286 g/mol. The van der Waals surface area contributed by atoms with Crippen molar-refractivity contribution in [2.75, 3.05) is 24.7 Å². The minimum absolute atomic E-state index is 0.102. The van der Waals surface area contributed by atoms with Crippen LogP contribution in [-0.2, 0) is 14.4 Å². The highest BCUT2D eigenvalue weighted by Crippen LogP contribution is 2.25. The number of likely N-dealkylation sites (tertiary alicyclic amines) is 1. The van der Waals surface area contributed by atoms with Gasteiger partial charge in [-0.3, -0.25) is 14.4 Å². The summed E-state index contributed by atoms with van der Waals surface area (Å²) in [6, 6.07) is -0.421. The van der Waals surface area contributed by atoms with Gasteiger partial charge in [-0.1, -0.05) is 0 Å². The number of carbonyl (C=O) groups is 3. The number of carboxylic acids is 1. The van der Waals surface area contributed by atoms with Crippen molar-refractivity contribution in [1.29, 1.82) is 0 Å². The van der Waals surface area contributed by atoms with E-state index in [1.807, 2.05) is 0 Å². The Hall–Kier alpha value is -1.24. The fourth-order valence-corrected chi connectivity index (χ4v) is 3.76. The molecule has 2 atom stereocenters. The van der Waals surface area contributed by atoms with Gasteiger partial charge in [0.2, 0.25) is 11.8 Å². The van der Waals surface area contributed by atoms with E-state index in [0.29, 0.717) is 31.0 Å². The van der Waals surface area contributed by atoms with E-state index in [1.54, 1.807) is 21.6 Å². The summed E-state index contributed by atoms with van der Waals surface area (Å²) in [5, 5.41) is 9.04. The molecular formula is C12H18N2O4S. The Morgan fingerprint density at radius 1 is 1.32 bits per heavy atom. The quantitative estimate of drug-likeness (QED) is 0.786. The van der Waals surface area contributed by atoms with Gasteiger partial charge in [0.15, 0.2) is 0 Å². The molecule has 2 aliphatic heterocycles. The van der Waals surface area contributed by atoms with Gasteiger partial charge in [0.1, 0.15) is 6.04 Å². The Balaban J connectivity index is 2.02. The Bertz CT molecular complexity index is 401. The molecule has 7 heteroatoms. The van der Waals surface area contributed by atoms with Crippen LogP contribution in [0.5, 0.6) is 0 Å². The van der Waals surface area contributed by atoms with Crippen molar-refractivity contribution in [2.45, 2.75) is 25.8 Å². The summed E-state index contributed by atoms with van der Waals surface area (Å²) in [7, 11) is 0. The number of nitrogens with zero attached hydrogens (tertiary/aromatic N) is 2. The van der Waals surface area contributed by atoms with Gasteiger partial charge >= 0.3 is 5.97 Å². The molecule has 2 rings (SSSR count). The van der Waals surface area contributed by atoms with E-state index in [-0.39, 0.29) is 18.4 Å². The molecule has 0 aromatic carbocycles. The molecule has 0 bridgehead atoms. The number of carbonyl (C=O) groups excluding carboxylic acids is 2. The molecule has 106 valence electrons. The molecule has 0 aromatic heterocycles. The molecule has 0 aromatic rings. The number of carboxylic acid groups (broad SMARTS) is 1. The van der Waals surface area contributed by atoms with Crippen LogP contribution in [0, 0.1) is 5.92 Å². The Morgan fingerprint density at radius 3 is 2.68 bits per heavy atom. The predicted molar refractivity (Wildman–Crippen MR) is 70.6 cm³/mol. The summed E-state index contributed by atoms with van der Waals surface area (Å²) < 4.78 is 0. The summed E-state index contributed by atoms with van der Waals surface area (Å²) in [4.78, 5) is 38.1. The van der Waals surface area contributed by atoms with Crippen molar-refractivity contribution < 1.29 is 19.5 Å². The standard InChI is InChI=1S/C12H18N2O4S/c1-8(15)14-7-19-6-10(14)11(16)13-4-2-3-9(5-13)12(17)18/h9-10H,2-7H2,1H3,(H,17,18)/t9-,10-/m0/s1. The van der Waals surface area contributed by atoms with E-state index < -0.39 is 17.9 Å². The summed E-state index contributed by atoms with van der Waals surface area (Å²) in [5.74, 6) is -0.380. The summed E-state index contributed by atoms with van der Waals surface area (Å²) in [5.41, 5.74) is 0. The molecule has 0 radical (unpaired) electrons. The van der Waals surface area contributed by atoms with Crippen LogP contribution in [0.1, 0.15) is 19.8 Å². The number of aliphatic carboxylic acids is 1. The number of thioether (sulfide) groups is 1. The van der Waals surface area contributed by atoms with E-state index in [1.165, 1.54) is 6.92 Å².